The molecule has 1 heterocycles. The maximum Gasteiger partial charge on any atom is 0.160 e. The smallest absolute Gasteiger partial charge is 0.160 e. The fourth-order valence-electron chi connectivity index (χ4n) is 9.42. The lowest BCUT2D eigenvalue weighted by Gasteiger charge is -2.24. The van der Waals surface area contributed by atoms with Gasteiger partial charge in [-0.05, 0) is 95.4 Å². The van der Waals surface area contributed by atoms with E-state index in [0.29, 0.717) is 5.82 Å². The van der Waals surface area contributed by atoms with Crippen LogP contribution in [0.4, 0.5) is 0 Å². The second-order valence-corrected chi connectivity index (χ2v) is 16.1. The summed E-state index contributed by atoms with van der Waals surface area (Å²) in [6.45, 7) is 4.76. The summed E-state index contributed by atoms with van der Waals surface area (Å²) in [5.74, 6) is 0.699. The van der Waals surface area contributed by atoms with Gasteiger partial charge in [-0.15, -0.1) is 0 Å². The third kappa shape index (κ3) is 5.87. The maximum atomic E-state index is 5.32. The van der Waals surface area contributed by atoms with Crippen molar-refractivity contribution in [1.82, 2.24) is 9.97 Å². The Morgan fingerprint density at radius 1 is 0.322 bits per heavy atom. The van der Waals surface area contributed by atoms with E-state index in [1.807, 2.05) is 6.07 Å². The second kappa shape index (κ2) is 13.9. The normalized spacial score (nSPS) is 12.7. The summed E-state index contributed by atoms with van der Waals surface area (Å²) < 4.78 is 0. The van der Waals surface area contributed by atoms with Crippen LogP contribution in [0.5, 0.6) is 0 Å². The zero-order chi connectivity index (χ0) is 39.5. The molecule has 2 heteroatoms. The summed E-state index contributed by atoms with van der Waals surface area (Å²) >= 11 is 0. The topological polar surface area (TPSA) is 25.8 Å². The summed E-state index contributed by atoms with van der Waals surface area (Å²) in [5, 5.41) is 4.98. The van der Waals surface area contributed by atoms with Crippen molar-refractivity contribution in [1.29, 1.82) is 0 Å². The van der Waals surface area contributed by atoms with Gasteiger partial charge in [0.05, 0.1) is 11.4 Å². The molecule has 9 aromatic carbocycles. The van der Waals surface area contributed by atoms with Crippen LogP contribution in [0.25, 0.3) is 100.0 Å². The van der Waals surface area contributed by atoms with E-state index in [9.17, 15) is 0 Å². The Balaban J connectivity index is 1.08. The second-order valence-electron chi connectivity index (χ2n) is 16.1. The molecule has 0 unspecified atom stereocenters. The number of hydrogen-bond acceptors (Lipinski definition) is 2. The Hall–Kier alpha value is -7.42. The van der Waals surface area contributed by atoms with Crippen molar-refractivity contribution in [3.8, 4) is 78.4 Å². The van der Waals surface area contributed by atoms with Crippen LogP contribution in [0.2, 0.25) is 0 Å². The van der Waals surface area contributed by atoms with Crippen molar-refractivity contribution < 1.29 is 0 Å². The molecule has 1 aliphatic rings. The fourth-order valence-corrected chi connectivity index (χ4v) is 9.42. The van der Waals surface area contributed by atoms with Crippen molar-refractivity contribution in [2.75, 3.05) is 0 Å². The molecular weight excluding hydrogens is 713 g/mol. The minimum atomic E-state index is -0.139. The van der Waals surface area contributed by atoms with Crippen LogP contribution in [-0.2, 0) is 5.41 Å². The van der Waals surface area contributed by atoms with Gasteiger partial charge in [0, 0.05) is 22.1 Å². The minimum Gasteiger partial charge on any atom is -0.228 e. The summed E-state index contributed by atoms with van der Waals surface area (Å²) in [4.78, 5) is 10.6. The van der Waals surface area contributed by atoms with E-state index >= 15 is 0 Å². The van der Waals surface area contributed by atoms with E-state index < -0.39 is 0 Å². The monoisotopic (exact) mass is 752 g/mol. The molecule has 0 radical (unpaired) electrons. The molecule has 2 nitrogen and oxygen atoms in total. The van der Waals surface area contributed by atoms with Gasteiger partial charge in [0.15, 0.2) is 5.82 Å². The van der Waals surface area contributed by atoms with Crippen LogP contribution in [0, 0.1) is 0 Å². The van der Waals surface area contributed by atoms with Gasteiger partial charge in [-0.1, -0.05) is 202 Å². The SMILES string of the molecule is CC1(C)c2cc(-c3ccc(-c4cc(-c5ccc(-c6ccccc6)cc5-c5ccccc5)nc(-c5ccccc5)n4)c4ccccc34)ccc2-c2ccc3ccccc3c21. The Bertz CT molecular complexity index is 3220. The number of rotatable bonds is 6. The molecule has 278 valence electrons. The largest absolute Gasteiger partial charge is 0.228 e. The molecule has 11 rings (SSSR count). The Kier molecular flexibility index (Phi) is 8.20. The summed E-state index contributed by atoms with van der Waals surface area (Å²) in [6.07, 6.45) is 0. The van der Waals surface area contributed by atoms with Gasteiger partial charge >= 0.3 is 0 Å². The maximum absolute atomic E-state index is 5.32. The number of nitrogens with zero attached hydrogens (tertiary/aromatic N) is 2. The third-order valence-corrected chi connectivity index (χ3v) is 12.3. The average molecular weight is 753 g/mol. The van der Waals surface area contributed by atoms with Crippen LogP contribution in [0.15, 0.2) is 206 Å². The lowest BCUT2D eigenvalue weighted by Crippen LogP contribution is -2.15. The van der Waals surface area contributed by atoms with Crippen molar-refractivity contribution in [2.45, 2.75) is 19.3 Å². The molecule has 0 spiro atoms. The zero-order valence-corrected chi connectivity index (χ0v) is 33.0. The number of fused-ring (bicyclic) bond motifs is 6. The summed E-state index contributed by atoms with van der Waals surface area (Å²) in [5.41, 5.74) is 17.3. The first-order valence-electron chi connectivity index (χ1n) is 20.4. The van der Waals surface area contributed by atoms with Gasteiger partial charge in [0.2, 0.25) is 0 Å². The molecule has 0 saturated carbocycles. The van der Waals surface area contributed by atoms with E-state index in [4.69, 9.17) is 9.97 Å². The Labute approximate surface area is 345 Å². The van der Waals surface area contributed by atoms with Crippen LogP contribution in [-0.4, -0.2) is 9.97 Å². The first kappa shape index (κ1) is 34.8. The predicted molar refractivity (Wildman–Crippen MR) is 247 cm³/mol. The molecule has 0 aliphatic heterocycles. The third-order valence-electron chi connectivity index (χ3n) is 12.3. The predicted octanol–water partition coefficient (Wildman–Crippen LogP) is 15.1. The van der Waals surface area contributed by atoms with Crippen LogP contribution >= 0.6 is 0 Å². The van der Waals surface area contributed by atoms with Crippen molar-refractivity contribution in [3.05, 3.63) is 217 Å². The number of hydrogen-bond donors (Lipinski definition) is 0. The lowest BCUT2D eigenvalue weighted by molar-refractivity contribution is 0.666. The Morgan fingerprint density at radius 3 is 1.58 bits per heavy atom. The highest BCUT2D eigenvalue weighted by Crippen LogP contribution is 2.52. The standard InChI is InChI=1S/C57H40N2/c1-57(2)52-35-42(28-29-47(52)50-31-26-39-20-12-13-23-44(39)55(50)57)43-32-33-48(46-25-15-14-24-45(43)46)53-36-54(59-56(58-53)40-21-10-5-11-22-40)49-30-27-41(37-16-6-3-7-17-37)34-51(49)38-18-8-4-9-19-38/h3-36H,1-2H3. The minimum absolute atomic E-state index is 0.139. The molecule has 10 aromatic rings. The average Bonchev–Trinajstić information content (AvgIpc) is 3.54. The van der Waals surface area contributed by atoms with Gasteiger partial charge in [0.25, 0.3) is 0 Å². The molecule has 0 bridgehead atoms. The molecular formula is C57H40N2. The molecule has 0 saturated heterocycles. The van der Waals surface area contributed by atoms with Crippen LogP contribution in [0.1, 0.15) is 25.0 Å². The van der Waals surface area contributed by atoms with E-state index in [-0.39, 0.29) is 5.41 Å². The zero-order valence-electron chi connectivity index (χ0n) is 33.0. The van der Waals surface area contributed by atoms with Gasteiger partial charge < -0.3 is 0 Å². The molecule has 0 atom stereocenters. The van der Waals surface area contributed by atoms with Crippen molar-refractivity contribution in [3.63, 3.8) is 0 Å². The van der Waals surface area contributed by atoms with Gasteiger partial charge in [-0.3, -0.25) is 0 Å². The molecule has 0 N–H and O–H groups in total. The van der Waals surface area contributed by atoms with Crippen LogP contribution < -0.4 is 0 Å². The number of benzene rings is 9. The number of aromatic nitrogens is 2. The van der Waals surface area contributed by atoms with Crippen LogP contribution in [0.3, 0.4) is 0 Å². The van der Waals surface area contributed by atoms with Gasteiger partial charge in [0.1, 0.15) is 0 Å². The first-order chi connectivity index (χ1) is 29.0. The first-order valence-corrected chi connectivity index (χ1v) is 20.4. The lowest BCUT2D eigenvalue weighted by atomic mass is 9.79. The van der Waals surface area contributed by atoms with E-state index in [1.165, 1.54) is 60.7 Å². The van der Waals surface area contributed by atoms with Gasteiger partial charge in [-0.2, -0.15) is 0 Å². The molecule has 59 heavy (non-hydrogen) atoms. The molecule has 0 fully saturated rings. The van der Waals surface area contributed by atoms with E-state index in [1.54, 1.807) is 0 Å². The Morgan fingerprint density at radius 2 is 0.847 bits per heavy atom. The fraction of sp³-hybridized carbons (Fsp3) is 0.0526. The molecule has 1 aromatic heterocycles. The van der Waals surface area contributed by atoms with Crippen molar-refractivity contribution in [2.24, 2.45) is 0 Å². The molecule has 1 aliphatic carbocycles. The van der Waals surface area contributed by atoms with E-state index in [2.05, 4.69) is 214 Å². The highest BCUT2D eigenvalue weighted by molar-refractivity contribution is 6.06. The van der Waals surface area contributed by atoms with E-state index in [0.717, 1.165) is 44.6 Å². The molecule has 0 amide bonds. The van der Waals surface area contributed by atoms with Crippen molar-refractivity contribution >= 4 is 21.5 Å². The summed E-state index contributed by atoms with van der Waals surface area (Å²) in [7, 11) is 0. The van der Waals surface area contributed by atoms with Gasteiger partial charge in [-0.25, -0.2) is 9.97 Å². The summed E-state index contributed by atoms with van der Waals surface area (Å²) in [6, 6.07) is 74.3. The highest BCUT2D eigenvalue weighted by Gasteiger charge is 2.37. The highest BCUT2D eigenvalue weighted by atomic mass is 14.9. The quantitative estimate of drug-likeness (QED) is 0.169.